The number of fused-ring (bicyclic) bond motifs is 1. The molecule has 0 bridgehead atoms. The number of anilines is 1. The molecule has 2 aromatic carbocycles. The number of nitrogens with zero attached hydrogens (tertiary/aromatic N) is 1. The summed E-state index contributed by atoms with van der Waals surface area (Å²) < 4.78 is 0. The highest BCUT2D eigenvalue weighted by atomic mass is 16.2. The highest BCUT2D eigenvalue weighted by molar-refractivity contribution is 6.21. The zero-order chi connectivity index (χ0) is 14.3. The lowest BCUT2D eigenvalue weighted by Crippen LogP contribution is -2.29. The molecule has 1 aliphatic heterocycles. The Morgan fingerprint density at radius 3 is 2.15 bits per heavy atom. The predicted octanol–water partition coefficient (Wildman–Crippen LogP) is 2.37. The maximum Gasteiger partial charge on any atom is 0.261 e. The second-order valence-corrected chi connectivity index (χ2v) is 4.93. The Hall–Kier alpha value is -2.62. The van der Waals surface area contributed by atoms with Crippen LogP contribution in [0.5, 0.6) is 0 Å². The first kappa shape index (κ1) is 12.4. The van der Waals surface area contributed by atoms with Crippen LogP contribution in [0.2, 0.25) is 0 Å². The number of amides is 2. The first-order valence-electron chi connectivity index (χ1n) is 6.38. The summed E-state index contributed by atoms with van der Waals surface area (Å²) in [6, 6.07) is 12.4. The summed E-state index contributed by atoms with van der Waals surface area (Å²) in [5.74, 6) is -0.472. The first-order valence-corrected chi connectivity index (χ1v) is 6.38. The molecule has 0 fully saturated rings. The van der Waals surface area contributed by atoms with Crippen molar-refractivity contribution < 1.29 is 9.59 Å². The van der Waals surface area contributed by atoms with Crippen LogP contribution in [0.15, 0.2) is 42.5 Å². The van der Waals surface area contributed by atoms with Crippen molar-refractivity contribution in [2.24, 2.45) is 0 Å². The molecule has 100 valence electrons. The van der Waals surface area contributed by atoms with Crippen molar-refractivity contribution in [3.8, 4) is 0 Å². The molecular weight excluding hydrogens is 252 g/mol. The van der Waals surface area contributed by atoms with Gasteiger partial charge in [0.2, 0.25) is 0 Å². The molecule has 0 radical (unpaired) electrons. The van der Waals surface area contributed by atoms with Gasteiger partial charge in [-0.2, -0.15) is 0 Å². The van der Waals surface area contributed by atoms with E-state index < -0.39 is 0 Å². The third-order valence-electron chi connectivity index (χ3n) is 3.55. The number of hydrogen-bond acceptors (Lipinski definition) is 3. The summed E-state index contributed by atoms with van der Waals surface area (Å²) in [6.07, 6.45) is 0. The van der Waals surface area contributed by atoms with Crippen LogP contribution >= 0.6 is 0 Å². The van der Waals surface area contributed by atoms with Gasteiger partial charge in [0.1, 0.15) is 0 Å². The van der Waals surface area contributed by atoms with E-state index in [1.807, 2.05) is 19.1 Å². The molecule has 20 heavy (non-hydrogen) atoms. The van der Waals surface area contributed by atoms with Gasteiger partial charge in [0.15, 0.2) is 0 Å². The maximum atomic E-state index is 12.2. The molecule has 0 saturated carbocycles. The van der Waals surface area contributed by atoms with Crippen LogP contribution < -0.4 is 5.73 Å². The van der Waals surface area contributed by atoms with Gasteiger partial charge >= 0.3 is 0 Å². The smallest absolute Gasteiger partial charge is 0.261 e. The van der Waals surface area contributed by atoms with Gasteiger partial charge in [0.05, 0.1) is 17.7 Å². The number of aryl methyl sites for hydroxylation is 1. The molecule has 2 N–H and O–H groups in total. The third kappa shape index (κ3) is 1.86. The van der Waals surface area contributed by atoms with E-state index in [0.29, 0.717) is 16.8 Å². The lowest BCUT2D eigenvalue weighted by Gasteiger charge is -2.14. The number of rotatable bonds is 2. The van der Waals surface area contributed by atoms with Gasteiger partial charge in [-0.15, -0.1) is 0 Å². The number of hydrogen-bond donors (Lipinski definition) is 1. The van der Waals surface area contributed by atoms with Crippen LogP contribution in [-0.4, -0.2) is 16.7 Å². The van der Waals surface area contributed by atoms with Crippen LogP contribution in [0.25, 0.3) is 0 Å². The molecule has 0 saturated heterocycles. The molecule has 0 aromatic heterocycles. The summed E-state index contributed by atoms with van der Waals surface area (Å²) in [4.78, 5) is 25.8. The molecule has 1 heterocycles. The monoisotopic (exact) mass is 266 g/mol. The average Bonchev–Trinajstić information content (AvgIpc) is 2.69. The van der Waals surface area contributed by atoms with Gasteiger partial charge in [-0.25, -0.2) is 0 Å². The van der Waals surface area contributed by atoms with E-state index in [1.165, 1.54) is 4.90 Å². The minimum Gasteiger partial charge on any atom is -0.399 e. The summed E-state index contributed by atoms with van der Waals surface area (Å²) >= 11 is 0. The Kier molecular flexibility index (Phi) is 2.79. The standard InChI is InChI=1S/C16H14N2O2/c1-10-8-11(6-7-14(10)17)9-18-15(19)12-4-2-3-5-13(12)16(18)20/h2-8H,9,17H2,1H3. The molecule has 3 rings (SSSR count). The van der Waals surface area contributed by atoms with E-state index in [-0.39, 0.29) is 18.4 Å². The maximum absolute atomic E-state index is 12.2. The van der Waals surface area contributed by atoms with Crippen LogP contribution in [0.1, 0.15) is 31.8 Å². The lowest BCUT2D eigenvalue weighted by molar-refractivity contribution is 0.0642. The van der Waals surface area contributed by atoms with E-state index in [0.717, 1.165) is 11.1 Å². The van der Waals surface area contributed by atoms with E-state index in [1.54, 1.807) is 30.3 Å². The Morgan fingerprint density at radius 1 is 1.00 bits per heavy atom. The van der Waals surface area contributed by atoms with E-state index >= 15 is 0 Å². The minimum absolute atomic E-state index is 0.236. The Labute approximate surface area is 116 Å². The van der Waals surface area contributed by atoms with Crippen molar-refractivity contribution in [3.05, 3.63) is 64.7 Å². The lowest BCUT2D eigenvalue weighted by atomic mass is 10.1. The number of imide groups is 1. The largest absolute Gasteiger partial charge is 0.399 e. The molecule has 1 aliphatic rings. The Morgan fingerprint density at radius 2 is 1.60 bits per heavy atom. The van der Waals surface area contributed by atoms with Crippen molar-refractivity contribution >= 4 is 17.5 Å². The highest BCUT2D eigenvalue weighted by Gasteiger charge is 2.34. The van der Waals surface area contributed by atoms with Crippen molar-refractivity contribution in [1.29, 1.82) is 0 Å². The third-order valence-corrected chi connectivity index (χ3v) is 3.55. The Bertz CT molecular complexity index is 687. The normalized spacial score (nSPS) is 13.8. The van der Waals surface area contributed by atoms with Crippen LogP contribution in [0.4, 0.5) is 5.69 Å². The molecule has 2 amide bonds. The van der Waals surface area contributed by atoms with Crippen molar-refractivity contribution in [1.82, 2.24) is 4.90 Å². The summed E-state index contributed by atoms with van der Waals surface area (Å²) in [5.41, 5.74) is 9.27. The van der Waals surface area contributed by atoms with Crippen molar-refractivity contribution in [3.63, 3.8) is 0 Å². The quantitative estimate of drug-likeness (QED) is 0.670. The minimum atomic E-state index is -0.236. The van der Waals surface area contributed by atoms with Gasteiger partial charge < -0.3 is 5.73 Å². The van der Waals surface area contributed by atoms with Gasteiger partial charge in [-0.3, -0.25) is 14.5 Å². The molecular formula is C16H14N2O2. The zero-order valence-corrected chi connectivity index (χ0v) is 11.1. The fourth-order valence-electron chi connectivity index (χ4n) is 2.40. The molecule has 4 nitrogen and oxygen atoms in total. The number of nitrogens with two attached hydrogens (primary N) is 1. The summed E-state index contributed by atoms with van der Waals surface area (Å²) in [7, 11) is 0. The van der Waals surface area contributed by atoms with Crippen LogP contribution in [0.3, 0.4) is 0 Å². The second kappa shape index (κ2) is 4.49. The molecule has 0 spiro atoms. The average molecular weight is 266 g/mol. The van der Waals surface area contributed by atoms with Crippen LogP contribution in [-0.2, 0) is 6.54 Å². The number of carbonyl (C=O) groups is 2. The molecule has 4 heteroatoms. The SMILES string of the molecule is Cc1cc(CN2C(=O)c3ccccc3C2=O)ccc1N. The Balaban J connectivity index is 1.91. The summed E-state index contributed by atoms with van der Waals surface area (Å²) in [5, 5.41) is 0. The topological polar surface area (TPSA) is 63.4 Å². The van der Waals surface area contributed by atoms with Gasteiger partial charge in [-0.1, -0.05) is 24.3 Å². The van der Waals surface area contributed by atoms with Gasteiger partial charge in [-0.05, 0) is 36.2 Å². The molecule has 0 aliphatic carbocycles. The first-order chi connectivity index (χ1) is 9.58. The van der Waals surface area contributed by atoms with E-state index in [2.05, 4.69) is 0 Å². The number of benzene rings is 2. The second-order valence-electron chi connectivity index (χ2n) is 4.93. The van der Waals surface area contributed by atoms with Crippen LogP contribution in [0, 0.1) is 6.92 Å². The predicted molar refractivity (Wildman–Crippen MR) is 76.2 cm³/mol. The summed E-state index contributed by atoms with van der Waals surface area (Å²) in [6.45, 7) is 2.18. The van der Waals surface area contributed by atoms with Gasteiger partial charge in [0, 0.05) is 5.69 Å². The number of carbonyl (C=O) groups excluding carboxylic acids is 2. The van der Waals surface area contributed by atoms with Crippen molar-refractivity contribution in [2.45, 2.75) is 13.5 Å². The molecule has 2 aromatic rings. The highest BCUT2D eigenvalue weighted by Crippen LogP contribution is 2.24. The fraction of sp³-hybridized carbons (Fsp3) is 0.125. The van der Waals surface area contributed by atoms with E-state index in [4.69, 9.17) is 5.73 Å². The molecule has 0 unspecified atom stereocenters. The van der Waals surface area contributed by atoms with Gasteiger partial charge in [0.25, 0.3) is 11.8 Å². The number of nitrogen functional groups attached to an aromatic ring is 1. The molecule has 0 atom stereocenters. The van der Waals surface area contributed by atoms with E-state index in [9.17, 15) is 9.59 Å². The fourth-order valence-corrected chi connectivity index (χ4v) is 2.40. The van der Waals surface area contributed by atoms with Crippen molar-refractivity contribution in [2.75, 3.05) is 5.73 Å². The zero-order valence-electron chi connectivity index (χ0n) is 11.1.